The molecule has 1 fully saturated rings. The van der Waals surface area contributed by atoms with Crippen LogP contribution in [0.4, 0.5) is 5.82 Å². The number of pyridine rings is 1. The van der Waals surface area contributed by atoms with Crippen LogP contribution in [-0.2, 0) is 0 Å². The minimum atomic E-state index is -0.423. The number of primary amides is 1. The third kappa shape index (κ3) is 3.20. The number of amides is 1. The number of nitrogens with one attached hydrogen (secondary N) is 2. The number of carbonyl (C=O) groups is 1. The molecule has 4 N–H and O–H groups in total. The Bertz CT molecular complexity index is 427. The lowest BCUT2D eigenvalue weighted by atomic mass is 9.81. The van der Waals surface area contributed by atoms with Crippen LogP contribution in [0, 0.1) is 5.41 Å². The second kappa shape index (κ2) is 5.35. The molecule has 0 radical (unpaired) electrons. The number of nitrogens with two attached hydrogens (primary N) is 1. The van der Waals surface area contributed by atoms with E-state index >= 15 is 0 Å². The van der Waals surface area contributed by atoms with Gasteiger partial charge in [0.2, 0.25) is 5.91 Å². The molecule has 5 heteroatoms. The predicted molar refractivity (Wildman–Crippen MR) is 71.5 cm³/mol. The van der Waals surface area contributed by atoms with Crippen LogP contribution < -0.4 is 16.4 Å². The molecule has 1 aromatic heterocycles. The molecular formula is C13H20N4O. The molecule has 18 heavy (non-hydrogen) atoms. The van der Waals surface area contributed by atoms with Crippen LogP contribution >= 0.6 is 0 Å². The predicted octanol–water partition coefficient (Wildman–Crippen LogP) is 0.982. The Morgan fingerprint density at radius 3 is 2.94 bits per heavy atom. The second-order valence-electron chi connectivity index (χ2n) is 5.21. The Morgan fingerprint density at radius 2 is 2.28 bits per heavy atom. The molecule has 5 nitrogen and oxygen atoms in total. The van der Waals surface area contributed by atoms with Crippen molar-refractivity contribution in [2.45, 2.75) is 19.8 Å². The largest absolute Gasteiger partial charge is 0.370 e. The number of anilines is 1. The summed E-state index contributed by atoms with van der Waals surface area (Å²) in [5.74, 6) is 0.291. The first-order chi connectivity index (χ1) is 8.59. The number of rotatable bonds is 4. The van der Waals surface area contributed by atoms with Crippen molar-refractivity contribution in [3.05, 3.63) is 23.9 Å². The molecule has 0 unspecified atom stereocenters. The Balaban J connectivity index is 1.97. The molecular weight excluding hydrogens is 228 g/mol. The third-order valence-electron chi connectivity index (χ3n) is 3.55. The van der Waals surface area contributed by atoms with E-state index in [1.54, 1.807) is 18.3 Å². The highest BCUT2D eigenvalue weighted by Crippen LogP contribution is 2.27. The molecule has 0 aromatic carbocycles. The summed E-state index contributed by atoms with van der Waals surface area (Å²) in [5.41, 5.74) is 6.02. The number of hydrogen-bond donors (Lipinski definition) is 3. The van der Waals surface area contributed by atoms with Gasteiger partial charge in [0.25, 0.3) is 0 Å². The van der Waals surface area contributed by atoms with Crippen molar-refractivity contribution in [1.29, 1.82) is 0 Å². The molecule has 1 amide bonds. The van der Waals surface area contributed by atoms with Gasteiger partial charge in [0.15, 0.2) is 0 Å². The molecule has 0 aliphatic carbocycles. The Kier molecular flexibility index (Phi) is 3.81. The molecule has 0 bridgehead atoms. The lowest BCUT2D eigenvalue weighted by Crippen LogP contribution is -2.39. The Morgan fingerprint density at radius 1 is 1.56 bits per heavy atom. The summed E-state index contributed by atoms with van der Waals surface area (Å²) < 4.78 is 0. The van der Waals surface area contributed by atoms with Gasteiger partial charge in [-0.25, -0.2) is 4.98 Å². The quantitative estimate of drug-likeness (QED) is 0.742. The van der Waals surface area contributed by atoms with Gasteiger partial charge in [0.1, 0.15) is 5.82 Å². The summed E-state index contributed by atoms with van der Waals surface area (Å²) >= 11 is 0. The van der Waals surface area contributed by atoms with Crippen molar-refractivity contribution in [3.8, 4) is 0 Å². The SMILES string of the molecule is CC1(CNc2cc(C(N)=O)ccn2)CCNCC1. The first-order valence-corrected chi connectivity index (χ1v) is 6.30. The zero-order valence-electron chi connectivity index (χ0n) is 10.7. The molecule has 1 aromatic rings. The molecule has 2 rings (SSSR count). The average Bonchev–Trinajstić information content (AvgIpc) is 2.38. The van der Waals surface area contributed by atoms with Gasteiger partial charge < -0.3 is 16.4 Å². The van der Waals surface area contributed by atoms with E-state index in [1.807, 2.05) is 0 Å². The summed E-state index contributed by atoms with van der Waals surface area (Å²) in [6.45, 7) is 5.27. The van der Waals surface area contributed by atoms with Gasteiger partial charge in [-0.15, -0.1) is 0 Å². The molecule has 2 heterocycles. The van der Waals surface area contributed by atoms with Crippen LogP contribution in [-0.4, -0.2) is 30.5 Å². The van der Waals surface area contributed by atoms with E-state index in [0.29, 0.717) is 11.4 Å². The van der Waals surface area contributed by atoms with E-state index in [9.17, 15) is 4.79 Å². The third-order valence-corrected chi connectivity index (χ3v) is 3.55. The lowest BCUT2D eigenvalue weighted by molar-refractivity contribution is 0.1000. The van der Waals surface area contributed by atoms with Crippen molar-refractivity contribution in [2.24, 2.45) is 11.1 Å². The molecule has 0 saturated carbocycles. The molecule has 1 aliphatic rings. The Hall–Kier alpha value is -1.62. The minimum Gasteiger partial charge on any atom is -0.370 e. The summed E-state index contributed by atoms with van der Waals surface area (Å²) in [6.07, 6.45) is 3.90. The van der Waals surface area contributed by atoms with Crippen molar-refractivity contribution in [1.82, 2.24) is 10.3 Å². The highest BCUT2D eigenvalue weighted by molar-refractivity contribution is 5.93. The van der Waals surface area contributed by atoms with E-state index in [-0.39, 0.29) is 5.41 Å². The lowest BCUT2D eigenvalue weighted by Gasteiger charge is -2.34. The fraction of sp³-hybridized carbons (Fsp3) is 0.538. The fourth-order valence-electron chi connectivity index (χ4n) is 2.19. The van der Waals surface area contributed by atoms with E-state index in [0.717, 1.165) is 32.5 Å². The van der Waals surface area contributed by atoms with Gasteiger partial charge in [-0.1, -0.05) is 6.92 Å². The van der Waals surface area contributed by atoms with Crippen LogP contribution in [0.2, 0.25) is 0 Å². The van der Waals surface area contributed by atoms with Gasteiger partial charge in [-0.05, 0) is 43.5 Å². The van der Waals surface area contributed by atoms with Crippen molar-refractivity contribution in [2.75, 3.05) is 25.0 Å². The fourth-order valence-corrected chi connectivity index (χ4v) is 2.19. The molecule has 98 valence electrons. The normalized spacial score (nSPS) is 18.3. The monoisotopic (exact) mass is 248 g/mol. The average molecular weight is 248 g/mol. The second-order valence-corrected chi connectivity index (χ2v) is 5.21. The van der Waals surface area contributed by atoms with Gasteiger partial charge in [-0.2, -0.15) is 0 Å². The minimum absolute atomic E-state index is 0.287. The molecule has 1 aliphatic heterocycles. The number of nitrogens with zero attached hydrogens (tertiary/aromatic N) is 1. The van der Waals surface area contributed by atoms with Crippen LogP contribution in [0.15, 0.2) is 18.3 Å². The smallest absolute Gasteiger partial charge is 0.248 e. The zero-order valence-corrected chi connectivity index (χ0v) is 10.7. The van der Waals surface area contributed by atoms with Gasteiger partial charge in [0, 0.05) is 18.3 Å². The molecule has 0 atom stereocenters. The van der Waals surface area contributed by atoms with Gasteiger partial charge in [-0.3, -0.25) is 4.79 Å². The maximum absolute atomic E-state index is 11.1. The zero-order chi connectivity index (χ0) is 13.0. The van der Waals surface area contributed by atoms with Gasteiger partial charge in [0.05, 0.1) is 0 Å². The summed E-state index contributed by atoms with van der Waals surface area (Å²) in [7, 11) is 0. The van der Waals surface area contributed by atoms with Crippen LogP contribution in [0.3, 0.4) is 0 Å². The van der Waals surface area contributed by atoms with E-state index in [4.69, 9.17) is 5.73 Å². The number of carbonyl (C=O) groups excluding carboxylic acids is 1. The topological polar surface area (TPSA) is 80.0 Å². The maximum Gasteiger partial charge on any atom is 0.248 e. The first kappa shape index (κ1) is 12.8. The van der Waals surface area contributed by atoms with E-state index in [2.05, 4.69) is 22.5 Å². The number of hydrogen-bond acceptors (Lipinski definition) is 4. The summed E-state index contributed by atoms with van der Waals surface area (Å²) in [6, 6.07) is 3.33. The summed E-state index contributed by atoms with van der Waals surface area (Å²) in [4.78, 5) is 15.3. The molecule has 0 spiro atoms. The van der Waals surface area contributed by atoms with Crippen molar-refractivity contribution >= 4 is 11.7 Å². The van der Waals surface area contributed by atoms with Crippen LogP contribution in [0.1, 0.15) is 30.1 Å². The Labute approximate surface area is 107 Å². The van der Waals surface area contributed by atoms with Crippen LogP contribution in [0.5, 0.6) is 0 Å². The highest BCUT2D eigenvalue weighted by Gasteiger charge is 2.26. The maximum atomic E-state index is 11.1. The van der Waals surface area contributed by atoms with Crippen LogP contribution in [0.25, 0.3) is 0 Å². The standard InChI is InChI=1S/C13H20N4O/c1-13(3-6-15-7-4-13)9-17-11-8-10(12(14)18)2-5-16-11/h2,5,8,15H,3-4,6-7,9H2,1H3,(H2,14,18)(H,16,17). The van der Waals surface area contributed by atoms with Gasteiger partial charge >= 0.3 is 0 Å². The van der Waals surface area contributed by atoms with E-state index in [1.165, 1.54) is 0 Å². The first-order valence-electron chi connectivity index (χ1n) is 6.30. The van der Waals surface area contributed by atoms with Crippen molar-refractivity contribution in [3.63, 3.8) is 0 Å². The number of aromatic nitrogens is 1. The highest BCUT2D eigenvalue weighted by atomic mass is 16.1. The summed E-state index contributed by atoms with van der Waals surface area (Å²) in [5, 5.41) is 6.66. The molecule has 1 saturated heterocycles. The number of piperidine rings is 1. The van der Waals surface area contributed by atoms with Crippen molar-refractivity contribution < 1.29 is 4.79 Å². The van der Waals surface area contributed by atoms with E-state index < -0.39 is 5.91 Å².